The Hall–Kier alpha value is -1.01. The monoisotopic (exact) mass is 312 g/mol. The molecule has 0 bridgehead atoms. The van der Waals surface area contributed by atoms with E-state index in [1.54, 1.807) is 18.2 Å². The van der Waals surface area contributed by atoms with Crippen molar-refractivity contribution < 1.29 is 9.53 Å². The van der Waals surface area contributed by atoms with Crippen LogP contribution in [0.15, 0.2) is 18.2 Å². The third-order valence-electron chi connectivity index (χ3n) is 2.88. The van der Waals surface area contributed by atoms with Crippen molar-refractivity contribution in [3.63, 3.8) is 0 Å². The first-order valence-corrected chi connectivity index (χ1v) is 8.90. The SMILES string of the molecule is CCOc1cc(N)cc(C(=O)NCC2CSCCS2)c1. The van der Waals surface area contributed by atoms with Crippen molar-refractivity contribution in [2.75, 3.05) is 36.1 Å². The van der Waals surface area contributed by atoms with Crippen molar-refractivity contribution >= 4 is 35.1 Å². The minimum absolute atomic E-state index is 0.0885. The Morgan fingerprint density at radius 3 is 3.00 bits per heavy atom. The molecule has 1 aromatic rings. The number of thioether (sulfide) groups is 2. The number of ether oxygens (including phenoxy) is 1. The van der Waals surface area contributed by atoms with Crippen LogP contribution < -0.4 is 15.8 Å². The van der Waals surface area contributed by atoms with Crippen LogP contribution in [0.1, 0.15) is 17.3 Å². The third kappa shape index (κ3) is 4.52. The van der Waals surface area contributed by atoms with E-state index in [0.717, 1.165) is 11.5 Å². The first-order chi connectivity index (χ1) is 9.69. The second-order valence-corrected chi connectivity index (χ2v) is 7.06. The first kappa shape index (κ1) is 15.4. The summed E-state index contributed by atoms with van der Waals surface area (Å²) in [4.78, 5) is 12.2. The topological polar surface area (TPSA) is 64.3 Å². The predicted octanol–water partition coefficient (Wildman–Crippen LogP) is 2.25. The number of hydrogen-bond donors (Lipinski definition) is 2. The predicted molar refractivity (Wildman–Crippen MR) is 87.9 cm³/mol. The number of nitrogens with one attached hydrogen (secondary N) is 1. The largest absolute Gasteiger partial charge is 0.494 e. The van der Waals surface area contributed by atoms with Crippen LogP contribution in [-0.2, 0) is 0 Å². The molecule has 2 rings (SSSR count). The Morgan fingerprint density at radius 2 is 2.30 bits per heavy atom. The average molecular weight is 312 g/mol. The molecule has 0 radical (unpaired) electrons. The molecule has 1 saturated heterocycles. The number of carbonyl (C=O) groups excluding carboxylic acids is 1. The van der Waals surface area contributed by atoms with Gasteiger partial charge in [-0.15, -0.1) is 0 Å². The van der Waals surface area contributed by atoms with Gasteiger partial charge in [-0.1, -0.05) is 0 Å². The summed E-state index contributed by atoms with van der Waals surface area (Å²) in [6, 6.07) is 5.15. The summed E-state index contributed by atoms with van der Waals surface area (Å²) >= 11 is 3.88. The molecule has 1 heterocycles. The molecule has 0 saturated carbocycles. The van der Waals surface area contributed by atoms with Gasteiger partial charge >= 0.3 is 0 Å². The molecule has 3 N–H and O–H groups in total. The number of anilines is 1. The molecular weight excluding hydrogens is 292 g/mol. The molecule has 4 nitrogen and oxygen atoms in total. The van der Waals surface area contributed by atoms with Crippen LogP contribution in [0.3, 0.4) is 0 Å². The number of hydrogen-bond acceptors (Lipinski definition) is 5. The molecule has 6 heteroatoms. The zero-order valence-corrected chi connectivity index (χ0v) is 13.2. The Kier molecular flexibility index (Phi) is 5.91. The summed E-state index contributed by atoms with van der Waals surface area (Å²) in [5.74, 6) is 4.03. The zero-order valence-electron chi connectivity index (χ0n) is 11.6. The van der Waals surface area contributed by atoms with Crippen molar-refractivity contribution in [3.05, 3.63) is 23.8 Å². The van der Waals surface area contributed by atoms with E-state index in [2.05, 4.69) is 5.32 Å². The second kappa shape index (κ2) is 7.69. The lowest BCUT2D eigenvalue weighted by atomic mass is 10.1. The van der Waals surface area contributed by atoms with Crippen LogP contribution in [0, 0.1) is 0 Å². The van der Waals surface area contributed by atoms with Crippen LogP contribution in [0.2, 0.25) is 0 Å². The van der Waals surface area contributed by atoms with E-state index in [4.69, 9.17) is 10.5 Å². The summed E-state index contributed by atoms with van der Waals surface area (Å²) in [5.41, 5.74) is 6.90. The van der Waals surface area contributed by atoms with E-state index >= 15 is 0 Å². The third-order valence-corrected chi connectivity index (χ3v) is 5.72. The molecule has 110 valence electrons. The standard InChI is InChI=1S/C14H20N2O2S2/c1-2-18-12-6-10(5-11(15)7-12)14(17)16-8-13-9-19-3-4-20-13/h5-7,13H,2-4,8-9,15H2,1H3,(H,16,17). The molecule has 1 atom stereocenters. The van der Waals surface area contributed by atoms with E-state index in [0.29, 0.717) is 35.4 Å². The lowest BCUT2D eigenvalue weighted by molar-refractivity contribution is 0.0954. The van der Waals surface area contributed by atoms with Crippen molar-refractivity contribution in [1.29, 1.82) is 0 Å². The van der Waals surface area contributed by atoms with Crippen LogP contribution in [0.25, 0.3) is 0 Å². The average Bonchev–Trinajstić information content (AvgIpc) is 2.45. The van der Waals surface area contributed by atoms with E-state index in [1.165, 1.54) is 5.75 Å². The van der Waals surface area contributed by atoms with E-state index < -0.39 is 0 Å². The highest BCUT2D eigenvalue weighted by Gasteiger charge is 2.16. The lowest BCUT2D eigenvalue weighted by Gasteiger charge is -2.21. The van der Waals surface area contributed by atoms with Gasteiger partial charge in [-0.05, 0) is 19.1 Å². The van der Waals surface area contributed by atoms with Crippen LogP contribution in [0.5, 0.6) is 5.75 Å². The fraction of sp³-hybridized carbons (Fsp3) is 0.500. The summed E-state index contributed by atoms with van der Waals surface area (Å²) in [5, 5.41) is 3.49. The molecule has 0 spiro atoms. The zero-order chi connectivity index (χ0) is 14.4. The smallest absolute Gasteiger partial charge is 0.251 e. The van der Waals surface area contributed by atoms with Gasteiger partial charge in [-0.25, -0.2) is 0 Å². The van der Waals surface area contributed by atoms with Gasteiger partial charge in [0.25, 0.3) is 5.91 Å². The molecule has 1 aliphatic heterocycles. The maximum Gasteiger partial charge on any atom is 0.251 e. The number of nitrogens with two attached hydrogens (primary N) is 1. The summed E-state index contributed by atoms with van der Waals surface area (Å²) < 4.78 is 5.40. The Bertz CT molecular complexity index is 462. The van der Waals surface area contributed by atoms with E-state index in [1.807, 2.05) is 30.4 Å². The van der Waals surface area contributed by atoms with Gasteiger partial charge in [0.2, 0.25) is 0 Å². The minimum Gasteiger partial charge on any atom is -0.494 e. The van der Waals surface area contributed by atoms with Crippen LogP contribution in [0.4, 0.5) is 5.69 Å². The molecular formula is C14H20N2O2S2. The summed E-state index contributed by atoms with van der Waals surface area (Å²) in [7, 11) is 0. The van der Waals surface area contributed by atoms with Gasteiger partial charge in [0, 0.05) is 46.4 Å². The summed E-state index contributed by atoms with van der Waals surface area (Å²) in [6.45, 7) is 3.16. The maximum atomic E-state index is 12.2. The van der Waals surface area contributed by atoms with E-state index in [9.17, 15) is 4.79 Å². The number of carbonyl (C=O) groups is 1. The van der Waals surface area contributed by atoms with Crippen molar-refractivity contribution in [2.24, 2.45) is 0 Å². The van der Waals surface area contributed by atoms with E-state index in [-0.39, 0.29) is 5.91 Å². The molecule has 1 aromatic carbocycles. The second-order valence-electron chi connectivity index (χ2n) is 4.50. The van der Waals surface area contributed by atoms with Gasteiger partial charge in [0.1, 0.15) is 5.75 Å². The first-order valence-electron chi connectivity index (χ1n) is 6.70. The highest BCUT2D eigenvalue weighted by Crippen LogP contribution is 2.23. The molecule has 1 unspecified atom stereocenters. The molecule has 0 aliphatic carbocycles. The van der Waals surface area contributed by atoms with Crippen molar-refractivity contribution in [2.45, 2.75) is 12.2 Å². The Morgan fingerprint density at radius 1 is 1.45 bits per heavy atom. The Balaban J connectivity index is 1.93. The van der Waals surface area contributed by atoms with Crippen LogP contribution in [-0.4, -0.2) is 41.6 Å². The summed E-state index contributed by atoms with van der Waals surface area (Å²) in [6.07, 6.45) is 0. The minimum atomic E-state index is -0.0885. The van der Waals surface area contributed by atoms with Gasteiger partial charge in [0.05, 0.1) is 6.61 Å². The number of amides is 1. The quantitative estimate of drug-likeness (QED) is 0.817. The van der Waals surface area contributed by atoms with Gasteiger partial charge < -0.3 is 15.8 Å². The normalized spacial score (nSPS) is 18.6. The highest BCUT2D eigenvalue weighted by atomic mass is 32.2. The van der Waals surface area contributed by atoms with Crippen LogP contribution >= 0.6 is 23.5 Å². The number of nitrogen functional groups attached to an aromatic ring is 1. The molecule has 1 aliphatic rings. The molecule has 20 heavy (non-hydrogen) atoms. The lowest BCUT2D eigenvalue weighted by Crippen LogP contribution is -2.33. The highest BCUT2D eigenvalue weighted by molar-refractivity contribution is 8.06. The number of rotatable bonds is 5. The van der Waals surface area contributed by atoms with Gasteiger partial charge in [0.15, 0.2) is 0 Å². The molecule has 1 fully saturated rings. The van der Waals surface area contributed by atoms with Gasteiger partial charge in [-0.2, -0.15) is 23.5 Å². The fourth-order valence-electron chi connectivity index (χ4n) is 1.97. The fourth-order valence-corrected chi connectivity index (χ4v) is 4.58. The molecule has 1 amide bonds. The number of benzene rings is 1. The Labute approximate surface area is 128 Å². The van der Waals surface area contributed by atoms with Crippen molar-refractivity contribution in [1.82, 2.24) is 5.32 Å². The van der Waals surface area contributed by atoms with Gasteiger partial charge in [-0.3, -0.25) is 4.79 Å². The van der Waals surface area contributed by atoms with Crippen molar-refractivity contribution in [3.8, 4) is 5.75 Å². The molecule has 0 aromatic heterocycles. The maximum absolute atomic E-state index is 12.2.